The molecule has 0 unspecified atom stereocenters. The van der Waals surface area contributed by atoms with Crippen molar-refractivity contribution in [1.29, 1.82) is 0 Å². The molecule has 0 aromatic carbocycles. The Bertz CT molecular complexity index is 354. The van der Waals surface area contributed by atoms with E-state index in [0.29, 0.717) is 10.8 Å². The van der Waals surface area contributed by atoms with E-state index < -0.39 is 5.79 Å². The van der Waals surface area contributed by atoms with Gasteiger partial charge in [0.05, 0.1) is 0 Å². The van der Waals surface area contributed by atoms with E-state index in [4.69, 9.17) is 4.74 Å². The molecule has 0 amide bonds. The predicted molar refractivity (Wildman–Crippen MR) is 76.6 cm³/mol. The van der Waals surface area contributed by atoms with Gasteiger partial charge in [-0.2, -0.15) is 0 Å². The van der Waals surface area contributed by atoms with Crippen molar-refractivity contribution in [3.05, 3.63) is 0 Å². The average molecular weight is 266 g/mol. The summed E-state index contributed by atoms with van der Waals surface area (Å²) in [6, 6.07) is 0. The summed E-state index contributed by atoms with van der Waals surface area (Å²) in [5.41, 5.74) is 1.05. The lowest BCUT2D eigenvalue weighted by Crippen LogP contribution is -2.41. The van der Waals surface area contributed by atoms with Gasteiger partial charge in [-0.1, -0.05) is 20.8 Å². The van der Waals surface area contributed by atoms with Crippen LogP contribution in [0.5, 0.6) is 0 Å². The second kappa shape index (κ2) is 4.21. The minimum Gasteiger partial charge on any atom is -0.365 e. The number of rotatable bonds is 2. The highest BCUT2D eigenvalue weighted by Crippen LogP contribution is 2.70. The van der Waals surface area contributed by atoms with Gasteiger partial charge in [0.1, 0.15) is 0 Å². The Morgan fingerprint density at radius 2 is 1.63 bits per heavy atom. The Morgan fingerprint density at radius 3 is 2.05 bits per heavy atom. The van der Waals surface area contributed by atoms with Gasteiger partial charge in [0, 0.05) is 20.0 Å². The standard InChI is InChI=1S/C17H30O2/c1-15(2)13-7-8-16(15,3)14(11-13)12-5-9-17(18,19-4)10-6-12/h12-14,18H,5-11H2,1-4H3/t12?,13-,14+,16+,17?/m1/s1. The van der Waals surface area contributed by atoms with Crippen molar-refractivity contribution in [2.75, 3.05) is 7.11 Å². The lowest BCUT2D eigenvalue weighted by Gasteiger charge is -2.46. The molecule has 3 aliphatic carbocycles. The molecular formula is C17H30O2. The second-order valence-electron chi connectivity index (χ2n) is 8.20. The molecule has 2 nitrogen and oxygen atoms in total. The molecule has 3 aliphatic rings. The van der Waals surface area contributed by atoms with Gasteiger partial charge in [0.2, 0.25) is 0 Å². The van der Waals surface area contributed by atoms with E-state index in [1.54, 1.807) is 7.11 Å². The molecule has 1 N–H and O–H groups in total. The molecule has 2 bridgehead atoms. The fourth-order valence-corrected chi connectivity index (χ4v) is 5.68. The van der Waals surface area contributed by atoms with Crippen molar-refractivity contribution in [2.45, 2.75) is 71.5 Å². The molecule has 110 valence electrons. The normalized spacial score (nSPS) is 52.6. The van der Waals surface area contributed by atoms with Crippen LogP contribution in [0.4, 0.5) is 0 Å². The average Bonchev–Trinajstić information content (AvgIpc) is 2.72. The van der Waals surface area contributed by atoms with Crippen LogP contribution in [0.2, 0.25) is 0 Å². The summed E-state index contributed by atoms with van der Waals surface area (Å²) >= 11 is 0. The molecule has 0 aromatic heterocycles. The Kier molecular flexibility index (Phi) is 3.07. The SMILES string of the molecule is COC1(O)CCC([C@@H]2C[C@H]3CC[C@]2(C)C3(C)C)CC1. The van der Waals surface area contributed by atoms with Crippen LogP contribution in [-0.4, -0.2) is 18.0 Å². The van der Waals surface area contributed by atoms with Gasteiger partial charge < -0.3 is 9.84 Å². The van der Waals surface area contributed by atoms with E-state index in [2.05, 4.69) is 20.8 Å². The number of ether oxygens (including phenoxy) is 1. The van der Waals surface area contributed by atoms with Crippen molar-refractivity contribution < 1.29 is 9.84 Å². The zero-order chi connectivity index (χ0) is 13.9. The molecule has 0 aliphatic heterocycles. The highest BCUT2D eigenvalue weighted by Gasteiger charge is 2.62. The largest absolute Gasteiger partial charge is 0.365 e. The van der Waals surface area contributed by atoms with Crippen LogP contribution in [0.15, 0.2) is 0 Å². The summed E-state index contributed by atoms with van der Waals surface area (Å²) < 4.78 is 5.27. The molecule has 19 heavy (non-hydrogen) atoms. The summed E-state index contributed by atoms with van der Waals surface area (Å²) in [7, 11) is 1.64. The number of methoxy groups -OCH3 is 1. The van der Waals surface area contributed by atoms with Crippen molar-refractivity contribution in [3.63, 3.8) is 0 Å². The Balaban J connectivity index is 1.73. The molecule has 0 spiro atoms. The Hall–Kier alpha value is -0.0800. The Labute approximate surface area is 117 Å². The first-order valence-electron chi connectivity index (χ1n) is 8.10. The third-order valence-corrected chi connectivity index (χ3v) is 7.62. The van der Waals surface area contributed by atoms with Crippen LogP contribution in [-0.2, 0) is 4.74 Å². The van der Waals surface area contributed by atoms with Gasteiger partial charge >= 0.3 is 0 Å². The molecule has 3 fully saturated rings. The molecule has 0 heterocycles. The molecule has 3 rings (SSSR count). The van der Waals surface area contributed by atoms with Crippen LogP contribution in [0.3, 0.4) is 0 Å². The van der Waals surface area contributed by atoms with Crippen molar-refractivity contribution in [1.82, 2.24) is 0 Å². The van der Waals surface area contributed by atoms with Crippen molar-refractivity contribution in [2.24, 2.45) is 28.6 Å². The maximum absolute atomic E-state index is 10.2. The highest BCUT2D eigenvalue weighted by atomic mass is 16.6. The summed E-state index contributed by atoms with van der Waals surface area (Å²) in [6.07, 6.45) is 8.23. The summed E-state index contributed by atoms with van der Waals surface area (Å²) in [5.74, 6) is 1.79. The number of hydrogen-bond donors (Lipinski definition) is 1. The van der Waals surface area contributed by atoms with Gasteiger partial charge in [0.15, 0.2) is 5.79 Å². The van der Waals surface area contributed by atoms with E-state index in [-0.39, 0.29) is 0 Å². The number of hydrogen-bond acceptors (Lipinski definition) is 2. The zero-order valence-corrected chi connectivity index (χ0v) is 13.0. The molecule has 3 atom stereocenters. The van der Waals surface area contributed by atoms with E-state index in [1.165, 1.54) is 19.3 Å². The van der Waals surface area contributed by atoms with Gasteiger partial charge in [-0.3, -0.25) is 0 Å². The van der Waals surface area contributed by atoms with Gasteiger partial charge in [-0.25, -0.2) is 0 Å². The van der Waals surface area contributed by atoms with Crippen molar-refractivity contribution in [3.8, 4) is 0 Å². The van der Waals surface area contributed by atoms with Crippen LogP contribution in [0, 0.1) is 28.6 Å². The van der Waals surface area contributed by atoms with Gasteiger partial charge in [-0.05, 0) is 60.7 Å². The highest BCUT2D eigenvalue weighted by molar-refractivity contribution is 5.11. The third kappa shape index (κ3) is 1.82. The number of fused-ring (bicyclic) bond motifs is 2. The zero-order valence-electron chi connectivity index (χ0n) is 13.0. The topological polar surface area (TPSA) is 29.5 Å². The van der Waals surface area contributed by atoms with E-state index in [9.17, 15) is 5.11 Å². The fraction of sp³-hybridized carbons (Fsp3) is 1.00. The maximum atomic E-state index is 10.2. The molecule has 2 heteroatoms. The van der Waals surface area contributed by atoms with Crippen LogP contribution in [0.1, 0.15) is 65.7 Å². The van der Waals surface area contributed by atoms with E-state index in [1.807, 2.05) is 0 Å². The molecule has 3 saturated carbocycles. The van der Waals surface area contributed by atoms with Crippen molar-refractivity contribution >= 4 is 0 Å². The quantitative estimate of drug-likeness (QED) is 0.766. The molecule has 0 radical (unpaired) electrons. The lowest BCUT2D eigenvalue weighted by molar-refractivity contribution is -0.212. The minimum absolute atomic E-state index is 0.521. The first-order chi connectivity index (χ1) is 8.82. The summed E-state index contributed by atoms with van der Waals surface area (Å²) in [5, 5.41) is 10.2. The van der Waals surface area contributed by atoms with Crippen LogP contribution in [0.25, 0.3) is 0 Å². The maximum Gasteiger partial charge on any atom is 0.165 e. The first-order valence-corrected chi connectivity index (χ1v) is 8.10. The van der Waals surface area contributed by atoms with E-state index >= 15 is 0 Å². The molecular weight excluding hydrogens is 236 g/mol. The molecule has 0 saturated heterocycles. The Morgan fingerprint density at radius 1 is 1.00 bits per heavy atom. The second-order valence-corrected chi connectivity index (χ2v) is 8.20. The predicted octanol–water partition coefficient (Wildman–Crippen LogP) is 3.97. The smallest absolute Gasteiger partial charge is 0.165 e. The first kappa shape index (κ1) is 13.9. The van der Waals surface area contributed by atoms with E-state index in [0.717, 1.165) is 43.4 Å². The molecule has 0 aromatic rings. The van der Waals surface area contributed by atoms with Gasteiger partial charge in [-0.15, -0.1) is 0 Å². The fourth-order valence-electron chi connectivity index (χ4n) is 5.68. The lowest BCUT2D eigenvalue weighted by atomic mass is 9.61. The third-order valence-electron chi connectivity index (χ3n) is 7.62. The summed E-state index contributed by atoms with van der Waals surface area (Å²) in [6.45, 7) is 7.54. The summed E-state index contributed by atoms with van der Waals surface area (Å²) in [4.78, 5) is 0. The van der Waals surface area contributed by atoms with Crippen LogP contribution < -0.4 is 0 Å². The van der Waals surface area contributed by atoms with Gasteiger partial charge in [0.25, 0.3) is 0 Å². The van der Waals surface area contributed by atoms with Crippen LogP contribution >= 0.6 is 0 Å². The minimum atomic E-state index is -0.829. The number of aliphatic hydroxyl groups is 1. The monoisotopic (exact) mass is 266 g/mol.